The molecular weight excluding hydrogens is 196 g/mol. The Labute approximate surface area is 98.2 Å². The Morgan fingerprint density at radius 1 is 1.31 bits per heavy atom. The zero-order valence-electron chi connectivity index (χ0n) is 10.1. The summed E-state index contributed by atoms with van der Waals surface area (Å²) in [6.07, 6.45) is 3.77. The minimum Gasteiger partial charge on any atom is -0.324 e. The predicted octanol–water partition coefficient (Wildman–Crippen LogP) is 2.47. The molecule has 1 fully saturated rings. The third-order valence-electron chi connectivity index (χ3n) is 3.52. The number of hydrogen-bond acceptors (Lipinski definition) is 2. The third-order valence-corrected chi connectivity index (χ3v) is 3.52. The molecule has 0 radical (unpaired) electrons. The van der Waals surface area contributed by atoms with Gasteiger partial charge in [-0.15, -0.1) is 0 Å². The molecule has 0 spiro atoms. The molecule has 1 saturated carbocycles. The summed E-state index contributed by atoms with van der Waals surface area (Å²) in [6, 6.07) is 10.5. The minimum absolute atomic E-state index is 0.167. The molecule has 2 nitrogen and oxygen atoms in total. The van der Waals surface area contributed by atoms with Gasteiger partial charge in [-0.3, -0.25) is 0 Å². The van der Waals surface area contributed by atoms with Gasteiger partial charge in [-0.1, -0.05) is 37.3 Å². The van der Waals surface area contributed by atoms with Crippen molar-refractivity contribution in [3.8, 4) is 0 Å². The number of benzene rings is 1. The average molecular weight is 218 g/mol. The first-order chi connectivity index (χ1) is 7.70. The summed E-state index contributed by atoms with van der Waals surface area (Å²) in [5.74, 6) is 0. The van der Waals surface area contributed by atoms with Gasteiger partial charge < -0.3 is 11.1 Å². The maximum Gasteiger partial charge on any atom is 0.0306 e. The van der Waals surface area contributed by atoms with Crippen LogP contribution in [0.2, 0.25) is 0 Å². The molecule has 0 amide bonds. The van der Waals surface area contributed by atoms with E-state index in [0.29, 0.717) is 5.41 Å². The quantitative estimate of drug-likeness (QED) is 0.720. The first-order valence-corrected chi connectivity index (χ1v) is 6.21. The second kappa shape index (κ2) is 4.98. The van der Waals surface area contributed by atoms with E-state index in [-0.39, 0.29) is 6.04 Å². The smallest absolute Gasteiger partial charge is 0.0306 e. The average Bonchev–Trinajstić information content (AvgIpc) is 3.04. The monoisotopic (exact) mass is 218 g/mol. The molecule has 0 aromatic heterocycles. The topological polar surface area (TPSA) is 38.0 Å². The molecule has 0 saturated heterocycles. The molecule has 1 aromatic rings. The van der Waals surface area contributed by atoms with E-state index < -0.39 is 0 Å². The molecule has 3 N–H and O–H groups in total. The third kappa shape index (κ3) is 3.32. The molecule has 88 valence electrons. The van der Waals surface area contributed by atoms with Crippen LogP contribution in [0.5, 0.6) is 0 Å². The van der Waals surface area contributed by atoms with Crippen LogP contribution in [-0.4, -0.2) is 13.1 Å². The van der Waals surface area contributed by atoms with Gasteiger partial charge in [-0.05, 0) is 36.8 Å². The summed E-state index contributed by atoms with van der Waals surface area (Å²) < 4.78 is 0. The van der Waals surface area contributed by atoms with Gasteiger partial charge in [0.15, 0.2) is 0 Å². The van der Waals surface area contributed by atoms with Crippen molar-refractivity contribution in [1.29, 1.82) is 0 Å². The molecule has 1 unspecified atom stereocenters. The Bertz CT molecular complexity index is 317. The van der Waals surface area contributed by atoms with E-state index in [1.54, 1.807) is 0 Å². The lowest BCUT2D eigenvalue weighted by molar-refractivity contribution is 0.481. The van der Waals surface area contributed by atoms with Crippen molar-refractivity contribution in [2.24, 2.45) is 11.1 Å². The van der Waals surface area contributed by atoms with Crippen molar-refractivity contribution in [3.63, 3.8) is 0 Å². The van der Waals surface area contributed by atoms with Crippen molar-refractivity contribution < 1.29 is 0 Å². The fourth-order valence-corrected chi connectivity index (χ4v) is 1.90. The highest BCUT2D eigenvalue weighted by Crippen LogP contribution is 2.43. The summed E-state index contributed by atoms with van der Waals surface area (Å²) in [7, 11) is 0. The van der Waals surface area contributed by atoms with Crippen LogP contribution in [0.4, 0.5) is 0 Å². The number of nitrogens with two attached hydrogens (primary N) is 1. The van der Waals surface area contributed by atoms with Crippen LogP contribution >= 0.6 is 0 Å². The van der Waals surface area contributed by atoms with Crippen molar-refractivity contribution in [1.82, 2.24) is 5.32 Å². The van der Waals surface area contributed by atoms with E-state index in [1.807, 2.05) is 18.2 Å². The lowest BCUT2D eigenvalue weighted by atomic mass is 10.0. The first-order valence-electron chi connectivity index (χ1n) is 6.21. The summed E-state index contributed by atoms with van der Waals surface area (Å²) in [6.45, 7) is 4.51. The Morgan fingerprint density at radius 3 is 2.62 bits per heavy atom. The number of rotatable bonds is 6. The highest BCUT2D eigenvalue weighted by molar-refractivity contribution is 5.18. The molecule has 2 heteroatoms. The van der Waals surface area contributed by atoms with Gasteiger partial charge >= 0.3 is 0 Å². The fraction of sp³-hybridized carbons (Fsp3) is 0.571. The number of hydrogen-bond donors (Lipinski definition) is 2. The molecule has 1 aliphatic rings. The van der Waals surface area contributed by atoms with E-state index in [0.717, 1.165) is 19.5 Å². The highest BCUT2D eigenvalue weighted by Gasteiger charge is 2.36. The van der Waals surface area contributed by atoms with Gasteiger partial charge in [0.1, 0.15) is 0 Å². The van der Waals surface area contributed by atoms with Gasteiger partial charge in [0.2, 0.25) is 0 Å². The second-order valence-electron chi connectivity index (χ2n) is 5.29. The van der Waals surface area contributed by atoms with E-state index >= 15 is 0 Å². The van der Waals surface area contributed by atoms with Crippen molar-refractivity contribution in [2.75, 3.05) is 13.1 Å². The largest absolute Gasteiger partial charge is 0.324 e. The van der Waals surface area contributed by atoms with Crippen LogP contribution in [0.15, 0.2) is 30.3 Å². The Morgan fingerprint density at radius 2 is 2.00 bits per heavy atom. The van der Waals surface area contributed by atoms with Gasteiger partial charge in [0, 0.05) is 12.6 Å². The summed E-state index contributed by atoms with van der Waals surface area (Å²) in [5, 5.41) is 3.51. The lowest BCUT2D eigenvalue weighted by Crippen LogP contribution is -2.26. The lowest BCUT2D eigenvalue weighted by Gasteiger charge is -2.14. The summed E-state index contributed by atoms with van der Waals surface area (Å²) in [4.78, 5) is 0. The van der Waals surface area contributed by atoms with Crippen LogP contribution in [0.3, 0.4) is 0 Å². The van der Waals surface area contributed by atoms with Crippen LogP contribution < -0.4 is 11.1 Å². The van der Waals surface area contributed by atoms with Gasteiger partial charge in [-0.2, -0.15) is 0 Å². The molecule has 1 aliphatic carbocycles. The molecule has 0 bridgehead atoms. The maximum absolute atomic E-state index is 6.12. The normalized spacial score (nSPS) is 19.4. The van der Waals surface area contributed by atoms with Crippen LogP contribution in [0.1, 0.15) is 37.8 Å². The van der Waals surface area contributed by atoms with E-state index in [9.17, 15) is 0 Å². The standard InChI is InChI=1S/C14H22N2/c1-14(8-9-14)11-16-10-7-13(15)12-5-3-2-4-6-12/h2-6,13,16H,7-11,15H2,1H3. The fourth-order valence-electron chi connectivity index (χ4n) is 1.90. The second-order valence-corrected chi connectivity index (χ2v) is 5.29. The summed E-state index contributed by atoms with van der Waals surface area (Å²) >= 11 is 0. The number of nitrogens with one attached hydrogen (secondary N) is 1. The van der Waals surface area contributed by atoms with Gasteiger partial charge in [-0.25, -0.2) is 0 Å². The zero-order chi connectivity index (χ0) is 11.4. The highest BCUT2D eigenvalue weighted by atomic mass is 14.9. The Kier molecular flexibility index (Phi) is 3.62. The molecular formula is C14H22N2. The molecule has 0 heterocycles. The van der Waals surface area contributed by atoms with Crippen LogP contribution in [-0.2, 0) is 0 Å². The molecule has 1 atom stereocenters. The molecule has 16 heavy (non-hydrogen) atoms. The van der Waals surface area contributed by atoms with Crippen molar-refractivity contribution in [3.05, 3.63) is 35.9 Å². The maximum atomic E-state index is 6.12. The zero-order valence-corrected chi connectivity index (χ0v) is 10.1. The summed E-state index contributed by atoms with van der Waals surface area (Å²) in [5.41, 5.74) is 7.95. The van der Waals surface area contributed by atoms with E-state index in [2.05, 4.69) is 24.4 Å². The van der Waals surface area contributed by atoms with Crippen molar-refractivity contribution in [2.45, 2.75) is 32.2 Å². The van der Waals surface area contributed by atoms with E-state index in [1.165, 1.54) is 18.4 Å². The van der Waals surface area contributed by atoms with Crippen molar-refractivity contribution >= 4 is 0 Å². The van der Waals surface area contributed by atoms with Gasteiger partial charge in [0.25, 0.3) is 0 Å². The minimum atomic E-state index is 0.167. The van der Waals surface area contributed by atoms with Crippen LogP contribution in [0, 0.1) is 5.41 Å². The molecule has 1 aromatic carbocycles. The van der Waals surface area contributed by atoms with Gasteiger partial charge in [0.05, 0.1) is 0 Å². The Hall–Kier alpha value is -0.860. The first kappa shape index (κ1) is 11.6. The molecule has 2 rings (SSSR count). The van der Waals surface area contributed by atoms with Crippen LogP contribution in [0.25, 0.3) is 0 Å². The Balaban J connectivity index is 1.66. The van der Waals surface area contributed by atoms with E-state index in [4.69, 9.17) is 5.73 Å². The molecule has 0 aliphatic heterocycles. The SMILES string of the molecule is CC1(CNCCC(N)c2ccccc2)CC1. The predicted molar refractivity (Wildman–Crippen MR) is 68.2 cm³/mol.